The number of hydrogen-bond donors (Lipinski definition) is 2. The van der Waals surface area contributed by atoms with E-state index in [1.807, 2.05) is 18.2 Å². The molecule has 0 amide bonds. The summed E-state index contributed by atoms with van der Waals surface area (Å²) in [5, 5.41) is 6.82. The lowest BCUT2D eigenvalue weighted by molar-refractivity contribution is 0.271. The minimum atomic E-state index is 0.494. The van der Waals surface area contributed by atoms with Crippen LogP contribution >= 0.6 is 0 Å². The van der Waals surface area contributed by atoms with Gasteiger partial charge in [-0.05, 0) is 18.6 Å². The first kappa shape index (κ1) is 14.0. The van der Waals surface area contributed by atoms with Crippen molar-refractivity contribution >= 4 is 0 Å². The Balaban J connectivity index is 1.81. The molecule has 19 heavy (non-hydrogen) atoms. The van der Waals surface area contributed by atoms with Crippen LogP contribution in [-0.2, 0) is 0 Å². The third-order valence-electron chi connectivity index (χ3n) is 3.22. The zero-order valence-corrected chi connectivity index (χ0v) is 11.6. The fourth-order valence-corrected chi connectivity index (χ4v) is 2.14. The third-order valence-corrected chi connectivity index (χ3v) is 3.22. The highest BCUT2D eigenvalue weighted by molar-refractivity contribution is 5.45. The number of nitrogens with one attached hydrogen (secondary N) is 2. The molecule has 0 radical (unpaired) electrons. The van der Waals surface area contributed by atoms with Crippen LogP contribution in [0.4, 0.5) is 0 Å². The van der Waals surface area contributed by atoms with Gasteiger partial charge in [0.15, 0.2) is 11.5 Å². The fraction of sp³-hybridized carbons (Fsp3) is 0.571. The Morgan fingerprint density at radius 2 is 2.00 bits per heavy atom. The van der Waals surface area contributed by atoms with Crippen LogP contribution in [0.1, 0.15) is 6.42 Å². The van der Waals surface area contributed by atoms with Crippen molar-refractivity contribution in [2.45, 2.75) is 12.5 Å². The second-order valence-corrected chi connectivity index (χ2v) is 4.51. The van der Waals surface area contributed by atoms with Gasteiger partial charge >= 0.3 is 0 Å². The molecular formula is C14H22N2O3. The standard InChI is InChI=1S/C14H22N2O3/c1-17-13-4-3-12(9-14(13)18-2)19-8-5-11-10-15-6-7-16-11/h3-4,9,11,15-16H,5-8,10H2,1-2H3. The van der Waals surface area contributed by atoms with E-state index in [-0.39, 0.29) is 0 Å². The summed E-state index contributed by atoms with van der Waals surface area (Å²) in [6, 6.07) is 6.10. The molecule has 5 heteroatoms. The largest absolute Gasteiger partial charge is 0.493 e. The minimum Gasteiger partial charge on any atom is -0.493 e. The van der Waals surface area contributed by atoms with Gasteiger partial charge in [0.1, 0.15) is 5.75 Å². The van der Waals surface area contributed by atoms with Crippen LogP contribution < -0.4 is 24.8 Å². The number of piperazine rings is 1. The average molecular weight is 266 g/mol. The number of hydrogen-bond acceptors (Lipinski definition) is 5. The topological polar surface area (TPSA) is 51.8 Å². The van der Waals surface area contributed by atoms with Gasteiger partial charge in [0.05, 0.1) is 20.8 Å². The van der Waals surface area contributed by atoms with Crippen molar-refractivity contribution in [1.29, 1.82) is 0 Å². The van der Waals surface area contributed by atoms with Gasteiger partial charge in [-0.25, -0.2) is 0 Å². The van der Waals surface area contributed by atoms with E-state index in [1.165, 1.54) is 0 Å². The monoisotopic (exact) mass is 266 g/mol. The average Bonchev–Trinajstić information content (AvgIpc) is 2.48. The molecule has 0 aliphatic carbocycles. The molecule has 5 nitrogen and oxygen atoms in total. The molecule has 0 saturated carbocycles. The number of methoxy groups -OCH3 is 2. The highest BCUT2D eigenvalue weighted by Gasteiger charge is 2.12. The SMILES string of the molecule is COc1ccc(OCCC2CNCCN2)cc1OC. The summed E-state index contributed by atoms with van der Waals surface area (Å²) in [7, 11) is 3.25. The maximum Gasteiger partial charge on any atom is 0.164 e. The molecule has 1 saturated heterocycles. The van der Waals surface area contributed by atoms with Gasteiger partial charge < -0.3 is 24.8 Å². The normalized spacial score (nSPS) is 18.9. The first-order chi connectivity index (χ1) is 9.33. The zero-order valence-electron chi connectivity index (χ0n) is 11.6. The molecule has 1 atom stereocenters. The van der Waals surface area contributed by atoms with Gasteiger partial charge in [-0.2, -0.15) is 0 Å². The van der Waals surface area contributed by atoms with Gasteiger partial charge in [-0.15, -0.1) is 0 Å². The Morgan fingerprint density at radius 3 is 2.68 bits per heavy atom. The molecule has 2 rings (SSSR count). The van der Waals surface area contributed by atoms with E-state index in [1.54, 1.807) is 14.2 Å². The van der Waals surface area contributed by atoms with Crippen LogP contribution in [-0.4, -0.2) is 46.5 Å². The second kappa shape index (κ2) is 7.21. The quantitative estimate of drug-likeness (QED) is 0.805. The van der Waals surface area contributed by atoms with Crippen LogP contribution in [0.25, 0.3) is 0 Å². The van der Waals surface area contributed by atoms with Crippen molar-refractivity contribution in [3.8, 4) is 17.2 Å². The molecule has 2 N–H and O–H groups in total. The summed E-state index contributed by atoms with van der Waals surface area (Å²) in [6.45, 7) is 3.78. The molecule has 0 aromatic heterocycles. The Hall–Kier alpha value is -1.46. The van der Waals surface area contributed by atoms with E-state index >= 15 is 0 Å². The highest BCUT2D eigenvalue weighted by Crippen LogP contribution is 2.30. The Labute approximate surface area is 114 Å². The first-order valence-electron chi connectivity index (χ1n) is 6.62. The second-order valence-electron chi connectivity index (χ2n) is 4.51. The van der Waals surface area contributed by atoms with Crippen LogP contribution in [0, 0.1) is 0 Å². The van der Waals surface area contributed by atoms with Crippen molar-refractivity contribution in [2.24, 2.45) is 0 Å². The molecule has 1 fully saturated rings. The predicted molar refractivity (Wildman–Crippen MR) is 74.3 cm³/mol. The minimum absolute atomic E-state index is 0.494. The summed E-state index contributed by atoms with van der Waals surface area (Å²) in [5.74, 6) is 2.21. The van der Waals surface area contributed by atoms with Crippen molar-refractivity contribution in [3.05, 3.63) is 18.2 Å². The van der Waals surface area contributed by atoms with Crippen molar-refractivity contribution < 1.29 is 14.2 Å². The lowest BCUT2D eigenvalue weighted by Gasteiger charge is -2.24. The molecule has 1 aromatic rings. The highest BCUT2D eigenvalue weighted by atomic mass is 16.5. The summed E-state index contributed by atoms with van der Waals surface area (Å²) in [6.07, 6.45) is 0.987. The summed E-state index contributed by atoms with van der Waals surface area (Å²) < 4.78 is 16.2. The van der Waals surface area contributed by atoms with E-state index in [4.69, 9.17) is 14.2 Å². The van der Waals surface area contributed by atoms with E-state index in [0.29, 0.717) is 24.1 Å². The van der Waals surface area contributed by atoms with E-state index in [0.717, 1.165) is 31.8 Å². The van der Waals surface area contributed by atoms with Crippen LogP contribution in [0.2, 0.25) is 0 Å². The smallest absolute Gasteiger partial charge is 0.164 e. The Morgan fingerprint density at radius 1 is 1.16 bits per heavy atom. The van der Waals surface area contributed by atoms with E-state index in [9.17, 15) is 0 Å². The van der Waals surface area contributed by atoms with Crippen LogP contribution in [0.15, 0.2) is 18.2 Å². The molecular weight excluding hydrogens is 244 g/mol. The lowest BCUT2D eigenvalue weighted by Crippen LogP contribution is -2.48. The number of rotatable bonds is 6. The van der Waals surface area contributed by atoms with Gasteiger partial charge in [0.2, 0.25) is 0 Å². The molecule has 1 aliphatic heterocycles. The first-order valence-corrected chi connectivity index (χ1v) is 6.62. The lowest BCUT2D eigenvalue weighted by atomic mass is 10.2. The maximum absolute atomic E-state index is 5.75. The number of benzene rings is 1. The van der Waals surface area contributed by atoms with E-state index < -0.39 is 0 Å². The molecule has 106 valence electrons. The Bertz CT molecular complexity index is 392. The van der Waals surface area contributed by atoms with E-state index in [2.05, 4.69) is 10.6 Å². The molecule has 1 aliphatic rings. The van der Waals surface area contributed by atoms with Gasteiger partial charge in [-0.3, -0.25) is 0 Å². The Kier molecular flexibility index (Phi) is 5.30. The van der Waals surface area contributed by atoms with Gasteiger partial charge in [0.25, 0.3) is 0 Å². The molecule has 1 unspecified atom stereocenters. The van der Waals surface area contributed by atoms with Crippen molar-refractivity contribution in [3.63, 3.8) is 0 Å². The number of ether oxygens (including phenoxy) is 3. The maximum atomic E-state index is 5.75. The van der Waals surface area contributed by atoms with Crippen LogP contribution in [0.5, 0.6) is 17.2 Å². The fourth-order valence-electron chi connectivity index (χ4n) is 2.14. The summed E-state index contributed by atoms with van der Waals surface area (Å²) >= 11 is 0. The van der Waals surface area contributed by atoms with Crippen LogP contribution in [0.3, 0.4) is 0 Å². The van der Waals surface area contributed by atoms with Gasteiger partial charge in [-0.1, -0.05) is 0 Å². The third kappa shape index (κ3) is 4.01. The summed E-state index contributed by atoms with van der Waals surface area (Å²) in [4.78, 5) is 0. The molecule has 0 bridgehead atoms. The van der Waals surface area contributed by atoms with Crippen molar-refractivity contribution in [2.75, 3.05) is 40.5 Å². The molecule has 1 aromatic carbocycles. The summed E-state index contributed by atoms with van der Waals surface area (Å²) in [5.41, 5.74) is 0. The van der Waals surface area contributed by atoms with Crippen molar-refractivity contribution in [1.82, 2.24) is 10.6 Å². The predicted octanol–water partition coefficient (Wildman–Crippen LogP) is 1.03. The zero-order chi connectivity index (χ0) is 13.5. The molecule has 0 spiro atoms. The van der Waals surface area contributed by atoms with Gasteiger partial charge in [0, 0.05) is 31.7 Å². The molecule has 1 heterocycles.